The van der Waals surface area contributed by atoms with Crippen LogP contribution in [0, 0.1) is 5.92 Å². The first kappa shape index (κ1) is 20.8. The molecule has 1 saturated carbocycles. The summed E-state index contributed by atoms with van der Waals surface area (Å²) in [5.41, 5.74) is 0.573. The average Bonchev–Trinajstić information content (AvgIpc) is 3.26. The van der Waals surface area contributed by atoms with E-state index in [2.05, 4.69) is 0 Å². The third-order valence-corrected chi connectivity index (χ3v) is 5.57. The summed E-state index contributed by atoms with van der Waals surface area (Å²) >= 11 is 5.97. The van der Waals surface area contributed by atoms with Crippen molar-refractivity contribution in [3.8, 4) is 0 Å². The first-order valence-corrected chi connectivity index (χ1v) is 10.1. The highest BCUT2D eigenvalue weighted by Crippen LogP contribution is 2.48. The Morgan fingerprint density at radius 3 is 2.61 bits per heavy atom. The monoisotopic (exact) mass is 407 g/mol. The number of carbonyl (C=O) groups is 2. The Kier molecular flexibility index (Phi) is 5.85. The second-order valence-electron chi connectivity index (χ2n) is 8.71. The first-order chi connectivity index (χ1) is 13.1. The summed E-state index contributed by atoms with van der Waals surface area (Å²) in [6.07, 6.45) is 1.21. The lowest BCUT2D eigenvalue weighted by atomic mass is 10.0. The molecule has 1 saturated heterocycles. The van der Waals surface area contributed by atoms with E-state index < -0.39 is 17.7 Å². The number of rotatable bonds is 5. The van der Waals surface area contributed by atoms with Gasteiger partial charge in [0.15, 0.2) is 5.78 Å². The molecule has 2 fully saturated rings. The zero-order valence-electron chi connectivity index (χ0n) is 16.8. The molecular formula is C22H27ClFNO3. The molecule has 0 radical (unpaired) electrons. The lowest BCUT2D eigenvalue weighted by molar-refractivity contribution is -0.124. The maximum atomic E-state index is 14.6. The van der Waals surface area contributed by atoms with E-state index in [4.69, 9.17) is 16.3 Å². The van der Waals surface area contributed by atoms with Crippen LogP contribution in [0.5, 0.6) is 0 Å². The van der Waals surface area contributed by atoms with Gasteiger partial charge in [-0.1, -0.05) is 23.7 Å². The smallest absolute Gasteiger partial charge is 0.411 e. The second kappa shape index (κ2) is 7.86. The fourth-order valence-corrected chi connectivity index (χ4v) is 3.98. The Balaban J connectivity index is 1.64. The summed E-state index contributed by atoms with van der Waals surface area (Å²) in [6, 6.07) is 6.58. The molecule has 0 unspecified atom stereocenters. The van der Waals surface area contributed by atoms with Crippen LogP contribution in [0.4, 0.5) is 9.18 Å². The van der Waals surface area contributed by atoms with Crippen LogP contribution in [-0.4, -0.2) is 34.5 Å². The van der Waals surface area contributed by atoms with E-state index >= 15 is 0 Å². The van der Waals surface area contributed by atoms with E-state index in [0.717, 1.165) is 6.42 Å². The summed E-state index contributed by atoms with van der Waals surface area (Å²) < 4.78 is 20.1. The third-order valence-electron chi connectivity index (χ3n) is 5.34. The fourth-order valence-electron chi connectivity index (χ4n) is 3.79. The summed E-state index contributed by atoms with van der Waals surface area (Å²) in [6.45, 7) is 7.10. The van der Waals surface area contributed by atoms with Crippen LogP contribution in [0.3, 0.4) is 0 Å². The van der Waals surface area contributed by atoms with Gasteiger partial charge in [-0.15, -0.1) is 0 Å². The maximum Gasteiger partial charge on any atom is 0.411 e. The van der Waals surface area contributed by atoms with Crippen molar-refractivity contribution in [2.24, 2.45) is 5.92 Å². The van der Waals surface area contributed by atoms with Crippen molar-refractivity contribution in [1.82, 2.24) is 4.90 Å². The minimum atomic E-state index is -0.611. The van der Waals surface area contributed by atoms with Crippen LogP contribution < -0.4 is 0 Å². The SMILES string of the molecule is C/C(=C(/F)CCC(=O)[C@@H]1C[C@H]2C[C@H]2N1C(=O)OC(C)(C)C)c1cccc(Cl)c1. The van der Waals surface area contributed by atoms with Crippen molar-refractivity contribution in [1.29, 1.82) is 0 Å². The van der Waals surface area contributed by atoms with Crippen molar-refractivity contribution in [2.45, 2.75) is 71.1 Å². The van der Waals surface area contributed by atoms with Crippen LogP contribution in [0.25, 0.3) is 5.57 Å². The number of fused-ring (bicyclic) bond motifs is 1. The molecule has 0 N–H and O–H groups in total. The third kappa shape index (κ3) is 4.75. The Hall–Kier alpha value is -1.88. The molecule has 1 aromatic carbocycles. The number of halogens is 2. The molecule has 3 atom stereocenters. The molecule has 152 valence electrons. The maximum absolute atomic E-state index is 14.6. The van der Waals surface area contributed by atoms with Crippen molar-refractivity contribution in [3.63, 3.8) is 0 Å². The van der Waals surface area contributed by atoms with Gasteiger partial charge in [0.05, 0.1) is 6.04 Å². The molecule has 3 rings (SSSR count). The fraction of sp³-hybridized carbons (Fsp3) is 0.545. The van der Waals surface area contributed by atoms with Gasteiger partial charge in [0.25, 0.3) is 0 Å². The largest absolute Gasteiger partial charge is 0.444 e. The minimum Gasteiger partial charge on any atom is -0.444 e. The predicted octanol–water partition coefficient (Wildman–Crippen LogP) is 5.79. The number of ketones is 1. The number of ether oxygens (including phenoxy) is 1. The molecule has 1 aliphatic carbocycles. The Bertz CT molecular complexity index is 814. The Labute approximate surface area is 170 Å². The molecule has 28 heavy (non-hydrogen) atoms. The number of piperidine rings is 1. The van der Waals surface area contributed by atoms with Gasteiger partial charge in [-0.05, 0) is 69.7 Å². The van der Waals surface area contributed by atoms with E-state index in [-0.39, 0.29) is 30.5 Å². The molecular weight excluding hydrogens is 381 g/mol. The molecule has 0 bridgehead atoms. The Morgan fingerprint density at radius 2 is 1.96 bits per heavy atom. The molecule has 0 spiro atoms. The van der Waals surface area contributed by atoms with E-state index in [1.165, 1.54) is 0 Å². The number of Topliss-reactive ketones (excluding diaryl/α,β-unsaturated/α-hetero) is 1. The zero-order valence-corrected chi connectivity index (χ0v) is 17.6. The normalized spacial score (nSPS) is 24.5. The number of hydrogen-bond acceptors (Lipinski definition) is 3. The van der Waals surface area contributed by atoms with Gasteiger partial charge in [0.1, 0.15) is 11.4 Å². The summed E-state index contributed by atoms with van der Waals surface area (Å²) in [7, 11) is 0. The molecule has 1 amide bonds. The van der Waals surface area contributed by atoms with Crippen molar-refractivity contribution in [2.75, 3.05) is 0 Å². The van der Waals surface area contributed by atoms with E-state index in [0.29, 0.717) is 28.5 Å². The lowest BCUT2D eigenvalue weighted by Gasteiger charge is -2.29. The topological polar surface area (TPSA) is 46.6 Å². The van der Waals surface area contributed by atoms with Gasteiger partial charge in [-0.2, -0.15) is 0 Å². The molecule has 1 aromatic rings. The number of likely N-dealkylation sites (tertiary alicyclic amines) is 1. The average molecular weight is 408 g/mol. The highest BCUT2D eigenvalue weighted by Gasteiger charge is 2.56. The number of allylic oxidation sites excluding steroid dienone is 2. The summed E-state index contributed by atoms with van der Waals surface area (Å²) in [4.78, 5) is 26.9. The van der Waals surface area contributed by atoms with Crippen LogP contribution in [0.2, 0.25) is 5.02 Å². The van der Waals surface area contributed by atoms with Gasteiger partial charge in [0.2, 0.25) is 0 Å². The Morgan fingerprint density at radius 1 is 1.25 bits per heavy atom. The molecule has 0 aromatic heterocycles. The van der Waals surface area contributed by atoms with Crippen molar-refractivity contribution in [3.05, 3.63) is 40.7 Å². The van der Waals surface area contributed by atoms with E-state index in [1.807, 2.05) is 0 Å². The van der Waals surface area contributed by atoms with Crippen LogP contribution >= 0.6 is 11.6 Å². The number of amides is 1. The van der Waals surface area contributed by atoms with Gasteiger partial charge in [-0.25, -0.2) is 9.18 Å². The quantitative estimate of drug-likeness (QED) is 0.620. The molecule has 1 aliphatic heterocycles. The van der Waals surface area contributed by atoms with Crippen LogP contribution in [0.15, 0.2) is 30.1 Å². The highest BCUT2D eigenvalue weighted by atomic mass is 35.5. The number of nitrogens with zero attached hydrogens (tertiary/aromatic N) is 1. The molecule has 1 heterocycles. The molecule has 2 aliphatic rings. The van der Waals surface area contributed by atoms with Crippen molar-refractivity contribution >= 4 is 29.1 Å². The highest BCUT2D eigenvalue weighted by molar-refractivity contribution is 6.30. The van der Waals surface area contributed by atoms with Gasteiger partial charge >= 0.3 is 6.09 Å². The van der Waals surface area contributed by atoms with Gasteiger partial charge < -0.3 is 4.74 Å². The van der Waals surface area contributed by atoms with Crippen molar-refractivity contribution < 1.29 is 18.7 Å². The van der Waals surface area contributed by atoms with E-state index in [1.54, 1.807) is 56.9 Å². The first-order valence-electron chi connectivity index (χ1n) is 9.72. The number of hydrogen-bond donors (Lipinski definition) is 0. The molecule has 4 nitrogen and oxygen atoms in total. The van der Waals surface area contributed by atoms with Crippen LogP contribution in [0.1, 0.15) is 58.9 Å². The lowest BCUT2D eigenvalue weighted by Crippen LogP contribution is -2.45. The predicted molar refractivity (Wildman–Crippen MR) is 108 cm³/mol. The van der Waals surface area contributed by atoms with Crippen LogP contribution in [-0.2, 0) is 9.53 Å². The van der Waals surface area contributed by atoms with Gasteiger partial charge in [-0.3, -0.25) is 9.69 Å². The standard InChI is InChI=1S/C22H27ClFNO3/c1-13(14-6-5-7-16(23)10-14)17(24)8-9-20(26)19-12-15-11-18(15)25(19)21(27)28-22(2,3)4/h5-7,10,15,18-19H,8-9,11-12H2,1-4H3/b17-13-/t15-,18-,19+/m1/s1. The minimum absolute atomic E-state index is 0.0190. The summed E-state index contributed by atoms with van der Waals surface area (Å²) in [5, 5.41) is 0.541. The number of benzene rings is 1. The zero-order chi connectivity index (χ0) is 20.6. The molecule has 6 heteroatoms. The number of carbonyl (C=O) groups excluding carboxylic acids is 2. The van der Waals surface area contributed by atoms with Gasteiger partial charge in [0, 0.05) is 23.9 Å². The van der Waals surface area contributed by atoms with E-state index in [9.17, 15) is 14.0 Å². The second-order valence-corrected chi connectivity index (χ2v) is 9.15. The summed E-state index contributed by atoms with van der Waals surface area (Å²) in [5.74, 6) is -0.0650.